The van der Waals surface area contributed by atoms with Crippen molar-refractivity contribution in [2.24, 2.45) is 11.7 Å². The molecule has 2 amide bonds. The number of rotatable bonds is 22. The molecular formula is C26H50N2O2. The van der Waals surface area contributed by atoms with Crippen LogP contribution in [-0.4, -0.2) is 18.4 Å². The van der Waals surface area contributed by atoms with E-state index in [1.165, 1.54) is 77.0 Å². The zero-order valence-corrected chi connectivity index (χ0v) is 20.1. The van der Waals surface area contributed by atoms with Crippen LogP contribution in [0.15, 0.2) is 12.2 Å². The highest BCUT2D eigenvalue weighted by Gasteiger charge is 2.22. The van der Waals surface area contributed by atoms with Crippen LogP contribution in [-0.2, 0) is 9.59 Å². The van der Waals surface area contributed by atoms with E-state index in [1.807, 2.05) is 0 Å². The predicted octanol–water partition coefficient (Wildman–Crippen LogP) is 6.82. The van der Waals surface area contributed by atoms with Crippen LogP contribution in [0.3, 0.4) is 0 Å². The summed E-state index contributed by atoms with van der Waals surface area (Å²) in [4.78, 5) is 24.0. The van der Waals surface area contributed by atoms with E-state index in [0.717, 1.165) is 37.7 Å². The van der Waals surface area contributed by atoms with Gasteiger partial charge in [-0.3, -0.25) is 9.59 Å². The van der Waals surface area contributed by atoms with Gasteiger partial charge in [0.2, 0.25) is 11.8 Å². The van der Waals surface area contributed by atoms with E-state index in [-0.39, 0.29) is 12.3 Å². The van der Waals surface area contributed by atoms with Crippen LogP contribution in [0.5, 0.6) is 0 Å². The number of nitrogens with two attached hydrogens (primary N) is 1. The molecule has 1 atom stereocenters. The van der Waals surface area contributed by atoms with E-state index < -0.39 is 11.8 Å². The first kappa shape index (κ1) is 28.7. The van der Waals surface area contributed by atoms with Crippen LogP contribution in [0.1, 0.15) is 129 Å². The molecule has 0 radical (unpaired) electrons. The van der Waals surface area contributed by atoms with Gasteiger partial charge in [0.25, 0.3) is 0 Å². The average molecular weight is 423 g/mol. The molecule has 4 heteroatoms. The van der Waals surface area contributed by atoms with E-state index in [4.69, 9.17) is 5.73 Å². The second-order valence-corrected chi connectivity index (χ2v) is 8.87. The van der Waals surface area contributed by atoms with Gasteiger partial charge in [-0.05, 0) is 19.3 Å². The molecule has 0 aliphatic rings. The molecule has 4 nitrogen and oxygen atoms in total. The highest BCUT2D eigenvalue weighted by molar-refractivity contribution is 5.86. The van der Waals surface area contributed by atoms with Crippen LogP contribution in [0.25, 0.3) is 0 Å². The molecule has 176 valence electrons. The van der Waals surface area contributed by atoms with Crippen LogP contribution < -0.4 is 11.1 Å². The number of hydrogen-bond donors (Lipinski definition) is 2. The zero-order chi connectivity index (χ0) is 22.5. The van der Waals surface area contributed by atoms with E-state index >= 15 is 0 Å². The summed E-state index contributed by atoms with van der Waals surface area (Å²) in [7, 11) is 0. The summed E-state index contributed by atoms with van der Waals surface area (Å²) in [6.45, 7) is 9.19. The van der Waals surface area contributed by atoms with Crippen molar-refractivity contribution in [1.29, 1.82) is 0 Å². The number of primary amides is 1. The van der Waals surface area contributed by atoms with Crippen molar-refractivity contribution in [2.45, 2.75) is 129 Å². The maximum atomic E-state index is 12.2. The summed E-state index contributed by atoms with van der Waals surface area (Å²) >= 11 is 0. The lowest BCUT2D eigenvalue weighted by Gasteiger charge is -2.16. The molecule has 0 aliphatic heterocycles. The Morgan fingerprint density at radius 3 is 1.63 bits per heavy atom. The Labute approximate surface area is 186 Å². The molecule has 1 unspecified atom stereocenters. The summed E-state index contributed by atoms with van der Waals surface area (Å²) in [6, 6.07) is 0. The van der Waals surface area contributed by atoms with Gasteiger partial charge in [0.05, 0.1) is 5.92 Å². The Balaban J connectivity index is 3.80. The fourth-order valence-corrected chi connectivity index (χ4v) is 3.85. The third-order valence-electron chi connectivity index (χ3n) is 5.93. The van der Waals surface area contributed by atoms with E-state index in [2.05, 4.69) is 25.7 Å². The molecular weight excluding hydrogens is 372 g/mol. The van der Waals surface area contributed by atoms with Crippen LogP contribution >= 0.6 is 0 Å². The molecule has 30 heavy (non-hydrogen) atoms. The van der Waals surface area contributed by atoms with Gasteiger partial charge in [-0.2, -0.15) is 0 Å². The molecule has 0 rings (SSSR count). The minimum atomic E-state index is -0.534. The molecule has 0 aromatic rings. The summed E-state index contributed by atoms with van der Waals surface area (Å²) in [5.74, 6) is -1.05. The third-order valence-corrected chi connectivity index (χ3v) is 5.93. The first-order valence-electron chi connectivity index (χ1n) is 12.8. The van der Waals surface area contributed by atoms with Crippen molar-refractivity contribution in [2.75, 3.05) is 6.54 Å². The standard InChI is InChI=1S/C26H50N2O2/c1-4-6-8-10-12-13-14-15-17-19-21-28-25(29)22-24(26(27)30)23(3)20-18-16-11-9-7-5-2/h24H,3-22H2,1-2H3,(H2,27,30)(H,28,29). The van der Waals surface area contributed by atoms with E-state index in [0.29, 0.717) is 6.54 Å². The van der Waals surface area contributed by atoms with Crippen molar-refractivity contribution in [3.05, 3.63) is 12.2 Å². The molecule has 0 aromatic heterocycles. The summed E-state index contributed by atoms with van der Waals surface area (Å²) in [5, 5.41) is 2.95. The van der Waals surface area contributed by atoms with Crippen LogP contribution in [0, 0.1) is 5.92 Å². The quantitative estimate of drug-likeness (QED) is 0.148. The van der Waals surface area contributed by atoms with Gasteiger partial charge in [-0.1, -0.05) is 116 Å². The monoisotopic (exact) mass is 422 g/mol. The summed E-state index contributed by atoms with van der Waals surface area (Å²) in [6.07, 6.45) is 20.9. The largest absolute Gasteiger partial charge is 0.369 e. The Bertz CT molecular complexity index is 448. The summed E-state index contributed by atoms with van der Waals surface area (Å²) < 4.78 is 0. The van der Waals surface area contributed by atoms with E-state index in [9.17, 15) is 9.59 Å². The highest BCUT2D eigenvalue weighted by Crippen LogP contribution is 2.20. The predicted molar refractivity (Wildman–Crippen MR) is 129 cm³/mol. The van der Waals surface area contributed by atoms with Gasteiger partial charge in [0.15, 0.2) is 0 Å². The number of unbranched alkanes of at least 4 members (excludes halogenated alkanes) is 14. The summed E-state index contributed by atoms with van der Waals surface area (Å²) in [5.41, 5.74) is 6.35. The number of hydrogen-bond acceptors (Lipinski definition) is 2. The maximum Gasteiger partial charge on any atom is 0.225 e. The average Bonchev–Trinajstić information content (AvgIpc) is 2.72. The number of nitrogens with one attached hydrogen (secondary N) is 1. The van der Waals surface area contributed by atoms with Crippen LogP contribution in [0.4, 0.5) is 0 Å². The van der Waals surface area contributed by atoms with Crippen molar-refractivity contribution in [3.63, 3.8) is 0 Å². The number of carbonyl (C=O) groups excluding carboxylic acids is 2. The lowest BCUT2D eigenvalue weighted by Crippen LogP contribution is -2.32. The van der Waals surface area contributed by atoms with Crippen molar-refractivity contribution >= 4 is 11.8 Å². The maximum absolute atomic E-state index is 12.2. The smallest absolute Gasteiger partial charge is 0.225 e. The van der Waals surface area contributed by atoms with Gasteiger partial charge in [-0.15, -0.1) is 0 Å². The lowest BCUT2D eigenvalue weighted by atomic mass is 9.91. The number of carbonyl (C=O) groups is 2. The lowest BCUT2D eigenvalue weighted by molar-refractivity contribution is -0.127. The second kappa shape index (κ2) is 20.9. The first-order chi connectivity index (χ1) is 14.5. The van der Waals surface area contributed by atoms with Gasteiger partial charge in [0, 0.05) is 13.0 Å². The Kier molecular flexibility index (Phi) is 20.0. The number of amides is 2. The molecule has 0 saturated carbocycles. The molecule has 3 N–H and O–H groups in total. The second-order valence-electron chi connectivity index (χ2n) is 8.87. The van der Waals surface area contributed by atoms with E-state index in [1.54, 1.807) is 0 Å². The SMILES string of the molecule is C=C(CCCCCCCC)C(CC(=O)NCCCCCCCCCCCC)C(N)=O. The highest BCUT2D eigenvalue weighted by atomic mass is 16.2. The molecule has 0 bridgehead atoms. The van der Waals surface area contributed by atoms with Crippen molar-refractivity contribution in [3.8, 4) is 0 Å². The topological polar surface area (TPSA) is 72.2 Å². The normalized spacial score (nSPS) is 11.9. The van der Waals surface area contributed by atoms with Gasteiger partial charge in [0.1, 0.15) is 0 Å². The molecule has 0 fully saturated rings. The van der Waals surface area contributed by atoms with Gasteiger partial charge in [-0.25, -0.2) is 0 Å². The Hall–Kier alpha value is -1.32. The van der Waals surface area contributed by atoms with Crippen LogP contribution in [0.2, 0.25) is 0 Å². The van der Waals surface area contributed by atoms with Crippen molar-refractivity contribution < 1.29 is 9.59 Å². The molecule has 0 aromatic carbocycles. The fourth-order valence-electron chi connectivity index (χ4n) is 3.85. The molecule has 0 saturated heterocycles. The van der Waals surface area contributed by atoms with Gasteiger partial charge >= 0.3 is 0 Å². The Morgan fingerprint density at radius 1 is 0.733 bits per heavy atom. The minimum Gasteiger partial charge on any atom is -0.369 e. The zero-order valence-electron chi connectivity index (χ0n) is 20.1. The van der Waals surface area contributed by atoms with Crippen molar-refractivity contribution in [1.82, 2.24) is 5.32 Å². The third kappa shape index (κ3) is 17.5. The Morgan fingerprint density at radius 2 is 1.17 bits per heavy atom. The molecule has 0 spiro atoms. The van der Waals surface area contributed by atoms with Gasteiger partial charge < -0.3 is 11.1 Å². The first-order valence-corrected chi connectivity index (χ1v) is 12.8. The molecule has 0 aliphatic carbocycles. The minimum absolute atomic E-state index is 0.0844. The fraction of sp³-hybridized carbons (Fsp3) is 0.846. The molecule has 0 heterocycles.